The van der Waals surface area contributed by atoms with Gasteiger partial charge in [0.05, 0.1) is 6.42 Å². The molecule has 0 saturated heterocycles. The molecule has 1 unspecified atom stereocenters. The van der Waals surface area contributed by atoms with Gasteiger partial charge in [-0.2, -0.15) is 0 Å². The first-order chi connectivity index (χ1) is 7.59. The third-order valence-electron chi connectivity index (χ3n) is 4.39. The van der Waals surface area contributed by atoms with E-state index in [9.17, 15) is 9.59 Å². The molecule has 16 heavy (non-hydrogen) atoms. The van der Waals surface area contributed by atoms with Gasteiger partial charge in [0.1, 0.15) is 11.6 Å². The lowest BCUT2D eigenvalue weighted by molar-refractivity contribution is -0.130. The van der Waals surface area contributed by atoms with Crippen molar-refractivity contribution in [1.29, 1.82) is 0 Å². The SMILES string of the molecule is CCCC1C(=O)CC(=O)CCC1(CC)CC. The average Bonchev–Trinajstić information content (AvgIpc) is 2.39. The second-order valence-electron chi connectivity index (χ2n) is 5.09. The Morgan fingerprint density at radius 1 is 1.19 bits per heavy atom. The van der Waals surface area contributed by atoms with Gasteiger partial charge in [-0.15, -0.1) is 0 Å². The molecule has 92 valence electrons. The van der Waals surface area contributed by atoms with Crippen LogP contribution in [-0.4, -0.2) is 11.6 Å². The number of hydrogen-bond acceptors (Lipinski definition) is 2. The fraction of sp³-hybridized carbons (Fsp3) is 0.857. The summed E-state index contributed by atoms with van der Waals surface area (Å²) < 4.78 is 0. The van der Waals surface area contributed by atoms with Gasteiger partial charge < -0.3 is 0 Å². The molecule has 0 N–H and O–H groups in total. The third-order valence-corrected chi connectivity index (χ3v) is 4.39. The summed E-state index contributed by atoms with van der Waals surface area (Å²) in [7, 11) is 0. The highest BCUT2D eigenvalue weighted by atomic mass is 16.1. The lowest BCUT2D eigenvalue weighted by Gasteiger charge is -2.37. The van der Waals surface area contributed by atoms with Gasteiger partial charge in [-0.25, -0.2) is 0 Å². The highest BCUT2D eigenvalue weighted by molar-refractivity contribution is 6.01. The zero-order valence-corrected chi connectivity index (χ0v) is 10.8. The van der Waals surface area contributed by atoms with Crippen molar-refractivity contribution >= 4 is 11.6 Å². The highest BCUT2D eigenvalue weighted by Crippen LogP contribution is 2.45. The van der Waals surface area contributed by atoms with Crippen LogP contribution < -0.4 is 0 Å². The minimum atomic E-state index is 0.0965. The molecule has 0 aromatic carbocycles. The Labute approximate surface area is 98.8 Å². The van der Waals surface area contributed by atoms with Crippen molar-refractivity contribution in [3.05, 3.63) is 0 Å². The molecule has 0 amide bonds. The van der Waals surface area contributed by atoms with E-state index in [0.29, 0.717) is 6.42 Å². The summed E-state index contributed by atoms with van der Waals surface area (Å²) in [6, 6.07) is 0. The van der Waals surface area contributed by atoms with Gasteiger partial charge in [-0.1, -0.05) is 27.2 Å². The maximum Gasteiger partial charge on any atom is 0.143 e. The summed E-state index contributed by atoms with van der Waals surface area (Å²) in [6.45, 7) is 6.44. The smallest absolute Gasteiger partial charge is 0.143 e. The number of rotatable bonds is 4. The molecule has 1 rings (SSSR count). The Morgan fingerprint density at radius 2 is 1.81 bits per heavy atom. The van der Waals surface area contributed by atoms with Gasteiger partial charge in [-0.3, -0.25) is 9.59 Å². The standard InChI is InChI=1S/C14H24O2/c1-4-7-12-13(16)10-11(15)8-9-14(12,5-2)6-3/h12H,4-10H2,1-3H3. The minimum Gasteiger partial charge on any atom is -0.299 e. The van der Waals surface area contributed by atoms with Crippen molar-refractivity contribution in [3.63, 3.8) is 0 Å². The van der Waals surface area contributed by atoms with E-state index in [4.69, 9.17) is 0 Å². The lowest BCUT2D eigenvalue weighted by Crippen LogP contribution is -2.33. The topological polar surface area (TPSA) is 34.1 Å². The molecule has 0 spiro atoms. The first-order valence-electron chi connectivity index (χ1n) is 6.64. The Balaban J connectivity index is 2.99. The molecule has 0 aliphatic heterocycles. The van der Waals surface area contributed by atoms with E-state index in [1.165, 1.54) is 0 Å². The molecule has 0 aromatic heterocycles. The maximum absolute atomic E-state index is 12.1. The summed E-state index contributed by atoms with van der Waals surface area (Å²) >= 11 is 0. The fourth-order valence-electron chi connectivity index (χ4n) is 3.16. The number of Topliss-reactive ketones (excluding diaryl/α,β-unsaturated/α-hetero) is 2. The summed E-state index contributed by atoms with van der Waals surface area (Å²) in [6.07, 6.45) is 5.73. The Bertz CT molecular complexity index is 264. The van der Waals surface area contributed by atoms with Gasteiger partial charge in [0.25, 0.3) is 0 Å². The molecule has 0 aromatic rings. The first-order valence-corrected chi connectivity index (χ1v) is 6.64. The number of ketones is 2. The summed E-state index contributed by atoms with van der Waals surface area (Å²) in [5, 5.41) is 0. The zero-order valence-electron chi connectivity index (χ0n) is 10.8. The highest BCUT2D eigenvalue weighted by Gasteiger charge is 2.41. The van der Waals surface area contributed by atoms with Crippen molar-refractivity contribution in [2.45, 2.75) is 65.7 Å². The fourth-order valence-corrected chi connectivity index (χ4v) is 3.16. The third kappa shape index (κ3) is 2.53. The van der Waals surface area contributed by atoms with E-state index in [2.05, 4.69) is 20.8 Å². The van der Waals surface area contributed by atoms with E-state index in [1.54, 1.807) is 0 Å². The van der Waals surface area contributed by atoms with E-state index < -0.39 is 0 Å². The average molecular weight is 224 g/mol. The molecule has 1 saturated carbocycles. The second kappa shape index (κ2) is 5.60. The monoisotopic (exact) mass is 224 g/mol. The molecule has 0 bridgehead atoms. The van der Waals surface area contributed by atoms with Crippen LogP contribution >= 0.6 is 0 Å². The zero-order chi connectivity index (χ0) is 12.2. The molecule has 2 heteroatoms. The largest absolute Gasteiger partial charge is 0.299 e. The number of carbonyl (C=O) groups is 2. The molecule has 1 fully saturated rings. The van der Waals surface area contributed by atoms with E-state index in [0.717, 1.165) is 32.1 Å². The molecular weight excluding hydrogens is 200 g/mol. The first kappa shape index (κ1) is 13.4. The molecule has 1 aliphatic carbocycles. The molecule has 0 radical (unpaired) electrons. The quantitative estimate of drug-likeness (QED) is 0.540. The van der Waals surface area contributed by atoms with Crippen LogP contribution in [-0.2, 0) is 9.59 Å². The lowest BCUT2D eigenvalue weighted by atomic mass is 9.66. The van der Waals surface area contributed by atoms with Crippen LogP contribution in [0.2, 0.25) is 0 Å². The predicted molar refractivity (Wildman–Crippen MR) is 65.3 cm³/mol. The Morgan fingerprint density at radius 3 is 2.31 bits per heavy atom. The van der Waals surface area contributed by atoms with Gasteiger partial charge in [-0.05, 0) is 31.1 Å². The molecule has 1 aliphatic rings. The van der Waals surface area contributed by atoms with Crippen LogP contribution in [0.1, 0.15) is 65.7 Å². The van der Waals surface area contributed by atoms with Gasteiger partial charge in [0.15, 0.2) is 0 Å². The predicted octanol–water partition coefficient (Wildman–Crippen LogP) is 3.53. The van der Waals surface area contributed by atoms with Crippen LogP contribution in [0.3, 0.4) is 0 Å². The van der Waals surface area contributed by atoms with Crippen molar-refractivity contribution < 1.29 is 9.59 Å². The second-order valence-corrected chi connectivity index (χ2v) is 5.09. The normalized spacial score (nSPS) is 25.6. The van der Waals surface area contributed by atoms with Crippen LogP contribution in [0, 0.1) is 11.3 Å². The number of hydrogen-bond donors (Lipinski definition) is 0. The Kier molecular flexibility index (Phi) is 4.69. The Hall–Kier alpha value is -0.660. The van der Waals surface area contributed by atoms with Crippen molar-refractivity contribution in [2.24, 2.45) is 11.3 Å². The van der Waals surface area contributed by atoms with E-state index in [-0.39, 0.29) is 29.3 Å². The van der Waals surface area contributed by atoms with Crippen LogP contribution in [0.15, 0.2) is 0 Å². The van der Waals surface area contributed by atoms with Crippen molar-refractivity contribution in [1.82, 2.24) is 0 Å². The van der Waals surface area contributed by atoms with Crippen molar-refractivity contribution in [2.75, 3.05) is 0 Å². The summed E-state index contributed by atoms with van der Waals surface area (Å²) in [5.41, 5.74) is 0.0965. The molecular formula is C14H24O2. The minimum absolute atomic E-state index is 0.0965. The molecule has 2 nitrogen and oxygen atoms in total. The van der Waals surface area contributed by atoms with Gasteiger partial charge in [0.2, 0.25) is 0 Å². The molecule has 0 heterocycles. The summed E-state index contributed by atoms with van der Waals surface area (Å²) in [5.74, 6) is 0.474. The van der Waals surface area contributed by atoms with Crippen molar-refractivity contribution in [3.8, 4) is 0 Å². The summed E-state index contributed by atoms with van der Waals surface area (Å²) in [4.78, 5) is 23.7. The van der Waals surface area contributed by atoms with Crippen LogP contribution in [0.25, 0.3) is 0 Å². The molecule has 1 atom stereocenters. The van der Waals surface area contributed by atoms with Gasteiger partial charge in [0, 0.05) is 12.3 Å². The maximum atomic E-state index is 12.1. The number of carbonyl (C=O) groups excluding carboxylic acids is 2. The van der Waals surface area contributed by atoms with E-state index in [1.807, 2.05) is 0 Å². The van der Waals surface area contributed by atoms with Crippen LogP contribution in [0.5, 0.6) is 0 Å². The van der Waals surface area contributed by atoms with E-state index >= 15 is 0 Å². The van der Waals surface area contributed by atoms with Crippen LogP contribution in [0.4, 0.5) is 0 Å². The van der Waals surface area contributed by atoms with Gasteiger partial charge >= 0.3 is 0 Å².